The molecular formula is C15H28N4O. The van der Waals surface area contributed by atoms with Crippen molar-refractivity contribution in [3.8, 4) is 0 Å². The van der Waals surface area contributed by atoms with E-state index in [1.165, 1.54) is 12.8 Å². The van der Waals surface area contributed by atoms with Crippen LogP contribution in [0.5, 0.6) is 0 Å². The van der Waals surface area contributed by atoms with E-state index >= 15 is 0 Å². The SMILES string of the molecule is CCn1ccnc1CC(NN)C1(OC)CCCC(C)C1. The van der Waals surface area contributed by atoms with Crippen molar-refractivity contribution in [2.45, 2.75) is 64.1 Å². The molecule has 3 N–H and O–H groups in total. The molecule has 0 amide bonds. The molecule has 1 aliphatic rings. The molecular weight excluding hydrogens is 252 g/mol. The van der Waals surface area contributed by atoms with E-state index in [-0.39, 0.29) is 11.6 Å². The molecule has 5 nitrogen and oxygen atoms in total. The van der Waals surface area contributed by atoms with E-state index in [0.29, 0.717) is 5.92 Å². The Hall–Kier alpha value is -0.910. The first-order valence-corrected chi connectivity index (χ1v) is 7.66. The molecule has 1 aromatic heterocycles. The molecule has 1 fully saturated rings. The second kappa shape index (κ2) is 6.70. The second-order valence-corrected chi connectivity index (χ2v) is 6.02. The summed E-state index contributed by atoms with van der Waals surface area (Å²) in [6.45, 7) is 5.36. The molecule has 5 heteroatoms. The van der Waals surface area contributed by atoms with Crippen molar-refractivity contribution in [2.75, 3.05) is 7.11 Å². The fourth-order valence-corrected chi connectivity index (χ4v) is 3.59. The molecule has 2 rings (SSSR count). The fraction of sp³-hybridized carbons (Fsp3) is 0.800. The number of nitrogens with zero attached hydrogens (tertiary/aromatic N) is 2. The van der Waals surface area contributed by atoms with Gasteiger partial charge in [0.15, 0.2) is 0 Å². The highest BCUT2D eigenvalue weighted by atomic mass is 16.5. The van der Waals surface area contributed by atoms with Gasteiger partial charge in [-0.1, -0.05) is 19.8 Å². The maximum atomic E-state index is 5.94. The predicted molar refractivity (Wildman–Crippen MR) is 80.1 cm³/mol. The third-order valence-electron chi connectivity index (χ3n) is 4.76. The van der Waals surface area contributed by atoms with Crippen LogP contribution in [-0.4, -0.2) is 28.3 Å². The normalized spacial score (nSPS) is 28.5. The average molecular weight is 280 g/mol. The van der Waals surface area contributed by atoms with Gasteiger partial charge in [0.2, 0.25) is 0 Å². The van der Waals surface area contributed by atoms with Crippen LogP contribution >= 0.6 is 0 Å². The zero-order valence-corrected chi connectivity index (χ0v) is 12.9. The van der Waals surface area contributed by atoms with E-state index in [0.717, 1.165) is 31.6 Å². The minimum absolute atomic E-state index is 0.1000. The zero-order chi connectivity index (χ0) is 14.6. The quantitative estimate of drug-likeness (QED) is 0.617. The average Bonchev–Trinajstić information content (AvgIpc) is 2.91. The highest BCUT2D eigenvalue weighted by molar-refractivity contribution is 5.03. The standard InChI is InChI=1S/C15H28N4O/c1-4-19-9-8-17-14(19)10-13(18-16)15(20-3)7-5-6-12(2)11-15/h8-9,12-13,18H,4-7,10-11,16H2,1-3H3. The number of imidazole rings is 1. The van der Waals surface area contributed by atoms with E-state index in [9.17, 15) is 0 Å². The van der Waals surface area contributed by atoms with Crippen LogP contribution in [0.2, 0.25) is 0 Å². The van der Waals surface area contributed by atoms with Crippen LogP contribution in [0, 0.1) is 5.92 Å². The number of aromatic nitrogens is 2. The predicted octanol–water partition coefficient (Wildman–Crippen LogP) is 1.87. The van der Waals surface area contributed by atoms with Gasteiger partial charge in [0.05, 0.1) is 11.6 Å². The Kier molecular flexibility index (Phi) is 5.18. The molecule has 20 heavy (non-hydrogen) atoms. The number of methoxy groups -OCH3 is 1. The third kappa shape index (κ3) is 3.05. The van der Waals surface area contributed by atoms with Crippen LogP contribution in [0.25, 0.3) is 0 Å². The highest BCUT2D eigenvalue weighted by Gasteiger charge is 2.42. The summed E-state index contributed by atoms with van der Waals surface area (Å²) >= 11 is 0. The summed E-state index contributed by atoms with van der Waals surface area (Å²) in [6, 6.07) is 0.1000. The van der Waals surface area contributed by atoms with Gasteiger partial charge in [-0.3, -0.25) is 11.3 Å². The molecule has 1 heterocycles. The molecule has 0 aliphatic heterocycles. The Balaban J connectivity index is 2.17. The minimum atomic E-state index is -0.170. The van der Waals surface area contributed by atoms with Gasteiger partial charge in [-0.05, 0) is 25.7 Å². The van der Waals surface area contributed by atoms with Crippen LogP contribution in [-0.2, 0) is 17.7 Å². The minimum Gasteiger partial charge on any atom is -0.377 e. The number of hydrogen-bond acceptors (Lipinski definition) is 4. The van der Waals surface area contributed by atoms with E-state index < -0.39 is 0 Å². The number of ether oxygens (including phenoxy) is 1. The molecule has 114 valence electrons. The first kappa shape index (κ1) is 15.5. The van der Waals surface area contributed by atoms with E-state index in [4.69, 9.17) is 10.6 Å². The number of aryl methyl sites for hydroxylation is 1. The number of nitrogens with two attached hydrogens (primary N) is 1. The molecule has 0 radical (unpaired) electrons. The lowest BCUT2D eigenvalue weighted by molar-refractivity contribution is -0.0796. The fourth-order valence-electron chi connectivity index (χ4n) is 3.59. The largest absolute Gasteiger partial charge is 0.377 e. The molecule has 0 spiro atoms. The molecule has 1 aliphatic carbocycles. The molecule has 3 unspecified atom stereocenters. The van der Waals surface area contributed by atoms with Crippen LogP contribution in [0.3, 0.4) is 0 Å². The van der Waals surface area contributed by atoms with Crippen LogP contribution in [0.15, 0.2) is 12.4 Å². The van der Waals surface area contributed by atoms with Crippen LogP contribution in [0.4, 0.5) is 0 Å². The van der Waals surface area contributed by atoms with Crippen LogP contribution < -0.4 is 11.3 Å². The first-order valence-electron chi connectivity index (χ1n) is 7.66. The van der Waals surface area contributed by atoms with Gasteiger partial charge in [0.25, 0.3) is 0 Å². The molecule has 1 aromatic rings. The Morgan fingerprint density at radius 2 is 2.45 bits per heavy atom. The Morgan fingerprint density at radius 3 is 3.05 bits per heavy atom. The van der Waals surface area contributed by atoms with E-state index in [2.05, 4.69) is 28.8 Å². The molecule has 3 atom stereocenters. The van der Waals surface area contributed by atoms with Gasteiger partial charge in [-0.25, -0.2) is 4.98 Å². The highest BCUT2D eigenvalue weighted by Crippen LogP contribution is 2.38. The maximum absolute atomic E-state index is 5.94. The zero-order valence-electron chi connectivity index (χ0n) is 12.9. The van der Waals surface area contributed by atoms with Gasteiger partial charge < -0.3 is 9.30 Å². The summed E-state index contributed by atoms with van der Waals surface area (Å²) in [4.78, 5) is 4.47. The van der Waals surface area contributed by atoms with Crippen molar-refractivity contribution in [1.29, 1.82) is 0 Å². The number of hydrogen-bond donors (Lipinski definition) is 2. The summed E-state index contributed by atoms with van der Waals surface area (Å²) in [5.74, 6) is 7.61. The summed E-state index contributed by atoms with van der Waals surface area (Å²) in [7, 11) is 1.81. The molecule has 1 saturated carbocycles. The van der Waals surface area contributed by atoms with Gasteiger partial charge in [0.1, 0.15) is 5.82 Å². The van der Waals surface area contributed by atoms with Crippen molar-refractivity contribution in [1.82, 2.24) is 15.0 Å². The Bertz CT molecular complexity index is 420. The molecule has 0 bridgehead atoms. The summed E-state index contributed by atoms with van der Waals surface area (Å²) in [5, 5.41) is 0. The van der Waals surface area contributed by atoms with E-state index in [1.807, 2.05) is 19.5 Å². The maximum Gasteiger partial charge on any atom is 0.110 e. The molecule has 0 aromatic carbocycles. The van der Waals surface area contributed by atoms with Crippen molar-refractivity contribution < 1.29 is 4.74 Å². The lowest BCUT2D eigenvalue weighted by Gasteiger charge is -2.44. The smallest absolute Gasteiger partial charge is 0.110 e. The first-order chi connectivity index (χ1) is 9.65. The van der Waals surface area contributed by atoms with Crippen molar-refractivity contribution in [3.63, 3.8) is 0 Å². The number of nitrogens with one attached hydrogen (secondary N) is 1. The number of rotatable bonds is 6. The summed E-state index contributed by atoms with van der Waals surface area (Å²) in [5.41, 5.74) is 2.83. The molecule has 0 saturated heterocycles. The Morgan fingerprint density at radius 1 is 1.65 bits per heavy atom. The monoisotopic (exact) mass is 280 g/mol. The van der Waals surface area contributed by atoms with Crippen molar-refractivity contribution in [3.05, 3.63) is 18.2 Å². The summed E-state index contributed by atoms with van der Waals surface area (Å²) < 4.78 is 8.11. The Labute approximate surface area is 121 Å². The summed E-state index contributed by atoms with van der Waals surface area (Å²) in [6.07, 6.45) is 9.29. The van der Waals surface area contributed by atoms with Gasteiger partial charge in [-0.2, -0.15) is 0 Å². The van der Waals surface area contributed by atoms with Crippen molar-refractivity contribution >= 4 is 0 Å². The third-order valence-corrected chi connectivity index (χ3v) is 4.76. The van der Waals surface area contributed by atoms with Gasteiger partial charge in [0, 0.05) is 32.5 Å². The lowest BCUT2D eigenvalue weighted by atomic mass is 9.74. The second-order valence-electron chi connectivity index (χ2n) is 6.02. The van der Waals surface area contributed by atoms with Gasteiger partial charge in [-0.15, -0.1) is 0 Å². The van der Waals surface area contributed by atoms with Gasteiger partial charge >= 0.3 is 0 Å². The van der Waals surface area contributed by atoms with E-state index in [1.54, 1.807) is 0 Å². The van der Waals surface area contributed by atoms with Crippen molar-refractivity contribution in [2.24, 2.45) is 11.8 Å². The topological polar surface area (TPSA) is 65.1 Å². The lowest BCUT2D eigenvalue weighted by Crippen LogP contribution is -2.57. The van der Waals surface area contributed by atoms with Crippen LogP contribution in [0.1, 0.15) is 45.4 Å². The number of hydrazine groups is 1.